The fourth-order valence-electron chi connectivity index (χ4n) is 2.99. The molecule has 1 aliphatic rings. The normalized spacial score (nSPS) is 24.5. The standard InChI is InChI=1S/C18H8Cl4O2/c1-3-17(23)9-7-5-6-8-10(9)18(24,4-2)12-11(17)13(19)15(21)16(22)14(12)20/h1-2,5-8,23-24H/t17-,18-/m1/s1. The van der Waals surface area contributed by atoms with Gasteiger partial charge in [-0.2, -0.15) is 0 Å². The van der Waals surface area contributed by atoms with Crippen LogP contribution in [0.1, 0.15) is 22.3 Å². The van der Waals surface area contributed by atoms with Crippen LogP contribution in [0.5, 0.6) is 0 Å². The molecule has 2 nitrogen and oxygen atoms in total. The van der Waals surface area contributed by atoms with E-state index < -0.39 is 11.2 Å². The number of benzene rings is 2. The highest BCUT2D eigenvalue weighted by molar-refractivity contribution is 6.52. The molecule has 2 atom stereocenters. The molecular formula is C18H8Cl4O2. The number of fused-ring (bicyclic) bond motifs is 2. The Morgan fingerprint density at radius 2 is 1.04 bits per heavy atom. The van der Waals surface area contributed by atoms with Crippen LogP contribution in [-0.4, -0.2) is 10.2 Å². The molecule has 1 aliphatic carbocycles. The predicted molar refractivity (Wildman–Crippen MR) is 96.6 cm³/mol. The van der Waals surface area contributed by atoms with Gasteiger partial charge in [-0.1, -0.05) is 82.5 Å². The van der Waals surface area contributed by atoms with Gasteiger partial charge in [-0.05, 0) is 0 Å². The van der Waals surface area contributed by atoms with Crippen molar-refractivity contribution in [3.8, 4) is 24.7 Å². The third kappa shape index (κ3) is 1.97. The van der Waals surface area contributed by atoms with Crippen molar-refractivity contribution in [2.24, 2.45) is 0 Å². The highest BCUT2D eigenvalue weighted by Crippen LogP contribution is 2.55. The Labute approximate surface area is 158 Å². The summed E-state index contributed by atoms with van der Waals surface area (Å²) < 4.78 is 0. The van der Waals surface area contributed by atoms with Gasteiger partial charge >= 0.3 is 0 Å². The first-order chi connectivity index (χ1) is 11.2. The smallest absolute Gasteiger partial charge is 0.179 e. The van der Waals surface area contributed by atoms with E-state index in [2.05, 4.69) is 11.8 Å². The zero-order valence-electron chi connectivity index (χ0n) is 11.9. The lowest BCUT2D eigenvalue weighted by molar-refractivity contribution is 0.0948. The maximum atomic E-state index is 11.2. The second-order valence-electron chi connectivity index (χ2n) is 5.26. The molecule has 2 aromatic carbocycles. The number of terminal acetylenes is 2. The summed E-state index contributed by atoms with van der Waals surface area (Å²) in [4.78, 5) is 0. The molecule has 0 unspecified atom stereocenters. The Bertz CT molecular complexity index is 892. The van der Waals surface area contributed by atoms with Gasteiger partial charge in [0.2, 0.25) is 0 Å². The van der Waals surface area contributed by atoms with Gasteiger partial charge in [0.1, 0.15) is 0 Å². The van der Waals surface area contributed by atoms with Crippen LogP contribution < -0.4 is 0 Å². The Kier molecular flexibility index (Phi) is 4.06. The van der Waals surface area contributed by atoms with E-state index in [1.165, 1.54) is 0 Å². The Morgan fingerprint density at radius 1 is 0.708 bits per heavy atom. The number of rotatable bonds is 0. The Balaban J connectivity index is 2.64. The van der Waals surface area contributed by atoms with Crippen molar-refractivity contribution in [3.63, 3.8) is 0 Å². The molecule has 0 radical (unpaired) electrons. The van der Waals surface area contributed by atoms with Crippen molar-refractivity contribution < 1.29 is 10.2 Å². The van der Waals surface area contributed by atoms with E-state index in [4.69, 9.17) is 59.3 Å². The summed E-state index contributed by atoms with van der Waals surface area (Å²) >= 11 is 24.8. The zero-order valence-corrected chi connectivity index (χ0v) is 14.9. The van der Waals surface area contributed by atoms with Gasteiger partial charge in [0.15, 0.2) is 11.2 Å². The van der Waals surface area contributed by atoms with E-state index in [0.717, 1.165) is 0 Å². The summed E-state index contributed by atoms with van der Waals surface area (Å²) in [5.41, 5.74) is -3.63. The molecule has 0 saturated carbocycles. The van der Waals surface area contributed by atoms with E-state index >= 15 is 0 Å². The number of hydrogen-bond acceptors (Lipinski definition) is 2. The van der Waals surface area contributed by atoms with Crippen molar-refractivity contribution in [3.05, 3.63) is 66.6 Å². The van der Waals surface area contributed by atoms with Gasteiger partial charge in [0.25, 0.3) is 0 Å². The Hall–Kier alpha value is -1.36. The van der Waals surface area contributed by atoms with Crippen molar-refractivity contribution in [1.29, 1.82) is 0 Å². The van der Waals surface area contributed by atoms with Crippen molar-refractivity contribution >= 4 is 46.4 Å². The molecule has 0 fully saturated rings. The number of aliphatic hydroxyl groups is 2. The fourth-order valence-corrected chi connectivity index (χ4v) is 4.12. The van der Waals surface area contributed by atoms with Gasteiger partial charge in [-0.25, -0.2) is 0 Å². The van der Waals surface area contributed by atoms with Crippen LogP contribution in [-0.2, 0) is 11.2 Å². The van der Waals surface area contributed by atoms with Gasteiger partial charge in [0, 0.05) is 22.3 Å². The van der Waals surface area contributed by atoms with Crippen molar-refractivity contribution in [2.45, 2.75) is 11.2 Å². The molecule has 6 heteroatoms. The molecule has 0 aliphatic heterocycles. The lowest BCUT2D eigenvalue weighted by Crippen LogP contribution is -2.42. The van der Waals surface area contributed by atoms with Gasteiger partial charge in [-0.3, -0.25) is 0 Å². The first-order valence-electron chi connectivity index (χ1n) is 6.61. The van der Waals surface area contributed by atoms with Crippen LogP contribution in [0.4, 0.5) is 0 Å². The van der Waals surface area contributed by atoms with E-state index in [1.807, 2.05) is 0 Å². The minimum Gasteiger partial charge on any atom is -0.369 e. The molecule has 0 aromatic heterocycles. The third-order valence-electron chi connectivity index (χ3n) is 4.12. The van der Waals surface area contributed by atoms with Gasteiger partial charge in [0.05, 0.1) is 20.1 Å². The SMILES string of the molecule is C#C[C@@]1(O)c2ccccc2[C@](O)(C#C)c2c(Cl)c(Cl)c(Cl)c(Cl)c21. The quantitative estimate of drug-likeness (QED) is 0.394. The van der Waals surface area contributed by atoms with Crippen molar-refractivity contribution in [2.75, 3.05) is 0 Å². The summed E-state index contributed by atoms with van der Waals surface area (Å²) in [5, 5.41) is 21.9. The van der Waals surface area contributed by atoms with Crippen LogP contribution in [0.25, 0.3) is 0 Å². The molecule has 0 saturated heterocycles. The van der Waals surface area contributed by atoms with Crippen LogP contribution in [0, 0.1) is 24.7 Å². The first-order valence-corrected chi connectivity index (χ1v) is 8.12. The second kappa shape index (κ2) is 5.58. The lowest BCUT2D eigenvalue weighted by Gasteiger charge is -2.41. The topological polar surface area (TPSA) is 40.5 Å². The number of hydrogen-bond donors (Lipinski definition) is 2. The maximum Gasteiger partial charge on any atom is 0.179 e. The number of halogens is 4. The van der Waals surface area contributed by atoms with Crippen LogP contribution in [0.15, 0.2) is 24.3 Å². The minimum atomic E-state index is -1.98. The minimum absolute atomic E-state index is 0.0507. The summed E-state index contributed by atoms with van der Waals surface area (Å²) in [6.45, 7) is 0. The van der Waals surface area contributed by atoms with Gasteiger partial charge in [-0.15, -0.1) is 12.8 Å². The molecule has 2 N–H and O–H groups in total. The molecule has 120 valence electrons. The Morgan fingerprint density at radius 3 is 1.33 bits per heavy atom. The molecule has 24 heavy (non-hydrogen) atoms. The lowest BCUT2D eigenvalue weighted by atomic mass is 9.68. The molecule has 0 bridgehead atoms. The molecule has 3 rings (SSSR count). The largest absolute Gasteiger partial charge is 0.369 e. The maximum absolute atomic E-state index is 11.2. The zero-order chi connectivity index (χ0) is 17.9. The van der Waals surface area contributed by atoms with E-state index in [-0.39, 0.29) is 42.3 Å². The average molecular weight is 398 g/mol. The molecular weight excluding hydrogens is 390 g/mol. The van der Waals surface area contributed by atoms with E-state index in [0.29, 0.717) is 0 Å². The molecule has 0 heterocycles. The summed E-state index contributed by atoms with van der Waals surface area (Å²) in [5.74, 6) is 4.60. The molecule has 2 aromatic rings. The van der Waals surface area contributed by atoms with Crippen LogP contribution in [0.2, 0.25) is 20.1 Å². The van der Waals surface area contributed by atoms with Crippen LogP contribution >= 0.6 is 46.4 Å². The summed E-state index contributed by atoms with van der Waals surface area (Å²) in [7, 11) is 0. The first kappa shape index (κ1) is 17.5. The second-order valence-corrected chi connectivity index (χ2v) is 6.77. The summed E-state index contributed by atoms with van der Waals surface area (Å²) in [6, 6.07) is 6.40. The third-order valence-corrected chi connectivity index (χ3v) is 5.92. The fraction of sp³-hybridized carbons (Fsp3) is 0.111. The summed E-state index contributed by atoms with van der Waals surface area (Å²) in [6.07, 6.45) is 11.2. The highest BCUT2D eigenvalue weighted by Gasteiger charge is 2.51. The van der Waals surface area contributed by atoms with E-state index in [9.17, 15) is 10.2 Å². The van der Waals surface area contributed by atoms with Crippen molar-refractivity contribution in [1.82, 2.24) is 0 Å². The average Bonchev–Trinajstić information content (AvgIpc) is 2.61. The predicted octanol–water partition coefficient (Wildman–Crippen LogP) is 4.35. The van der Waals surface area contributed by atoms with E-state index in [1.54, 1.807) is 24.3 Å². The van der Waals surface area contributed by atoms with Gasteiger partial charge < -0.3 is 10.2 Å². The highest BCUT2D eigenvalue weighted by atomic mass is 35.5. The van der Waals surface area contributed by atoms with Crippen LogP contribution in [0.3, 0.4) is 0 Å². The molecule has 0 spiro atoms. The monoisotopic (exact) mass is 396 g/mol. The molecule has 0 amide bonds.